The van der Waals surface area contributed by atoms with Crippen molar-refractivity contribution in [2.24, 2.45) is 0 Å². The van der Waals surface area contributed by atoms with E-state index in [0.717, 1.165) is 0 Å². The van der Waals surface area contributed by atoms with Crippen LogP contribution in [0.2, 0.25) is 0 Å². The van der Waals surface area contributed by atoms with Crippen LogP contribution >= 0.6 is 0 Å². The summed E-state index contributed by atoms with van der Waals surface area (Å²) in [5.74, 6) is -1.06. The number of ether oxygens (including phenoxy) is 1. The molecule has 0 saturated heterocycles. The lowest BCUT2D eigenvalue weighted by Crippen LogP contribution is -2.49. The Kier molecular flexibility index (Phi) is 7.18. The standard InChI is InChI=1S/C16H24N2O5/c1-4-18(5-2)16(22)17-12(15(21)23-6-3)9-11-7-8-13(19)14(20)10-11/h7-8,10,12,19-20H,4-6,9H2,1-3H3,(H,17,22)/t12-/m0/s1. The smallest absolute Gasteiger partial charge is 0.329 e. The molecule has 0 radical (unpaired) electrons. The third kappa shape index (κ3) is 5.36. The van der Waals surface area contributed by atoms with Crippen molar-refractivity contribution in [2.75, 3.05) is 19.7 Å². The zero-order valence-electron chi connectivity index (χ0n) is 13.7. The highest BCUT2D eigenvalue weighted by molar-refractivity contribution is 5.84. The van der Waals surface area contributed by atoms with Gasteiger partial charge < -0.3 is 25.2 Å². The minimum Gasteiger partial charge on any atom is -0.504 e. The second-order valence-corrected chi connectivity index (χ2v) is 4.95. The van der Waals surface area contributed by atoms with Crippen molar-refractivity contribution in [1.82, 2.24) is 10.2 Å². The first kappa shape index (κ1) is 18.6. The van der Waals surface area contributed by atoms with Crippen molar-refractivity contribution in [1.29, 1.82) is 0 Å². The Morgan fingerprint density at radius 1 is 1.17 bits per heavy atom. The highest BCUT2D eigenvalue weighted by atomic mass is 16.5. The number of phenolic OH excluding ortho intramolecular Hbond substituents is 2. The third-order valence-electron chi connectivity index (χ3n) is 3.40. The molecule has 1 atom stereocenters. The maximum atomic E-state index is 12.2. The first-order valence-electron chi connectivity index (χ1n) is 7.65. The fraction of sp³-hybridized carbons (Fsp3) is 0.500. The largest absolute Gasteiger partial charge is 0.504 e. The number of urea groups is 1. The Morgan fingerprint density at radius 3 is 2.35 bits per heavy atom. The van der Waals surface area contributed by atoms with Gasteiger partial charge in [-0.05, 0) is 38.5 Å². The molecule has 1 aromatic carbocycles. The van der Waals surface area contributed by atoms with Crippen LogP contribution in [0.3, 0.4) is 0 Å². The lowest BCUT2D eigenvalue weighted by Gasteiger charge is -2.23. The van der Waals surface area contributed by atoms with Gasteiger partial charge in [0.2, 0.25) is 0 Å². The van der Waals surface area contributed by atoms with Crippen LogP contribution in [0, 0.1) is 0 Å². The van der Waals surface area contributed by atoms with Crippen LogP contribution in [0.4, 0.5) is 4.79 Å². The second kappa shape index (κ2) is 8.87. The first-order chi connectivity index (χ1) is 10.9. The van der Waals surface area contributed by atoms with Gasteiger partial charge in [-0.2, -0.15) is 0 Å². The molecule has 7 nitrogen and oxygen atoms in total. The Morgan fingerprint density at radius 2 is 1.83 bits per heavy atom. The Labute approximate surface area is 135 Å². The van der Waals surface area contributed by atoms with E-state index in [1.807, 2.05) is 13.8 Å². The maximum absolute atomic E-state index is 12.2. The first-order valence-corrected chi connectivity index (χ1v) is 7.65. The summed E-state index contributed by atoms with van der Waals surface area (Å²) in [4.78, 5) is 25.8. The summed E-state index contributed by atoms with van der Waals surface area (Å²) < 4.78 is 4.99. The lowest BCUT2D eigenvalue weighted by molar-refractivity contribution is -0.145. The topological polar surface area (TPSA) is 99.1 Å². The molecule has 0 saturated carbocycles. The van der Waals surface area contributed by atoms with E-state index in [9.17, 15) is 19.8 Å². The van der Waals surface area contributed by atoms with Crippen LogP contribution in [0.25, 0.3) is 0 Å². The molecular weight excluding hydrogens is 300 g/mol. The van der Waals surface area contributed by atoms with Crippen molar-refractivity contribution in [3.63, 3.8) is 0 Å². The van der Waals surface area contributed by atoms with Gasteiger partial charge in [-0.15, -0.1) is 0 Å². The number of carbonyl (C=O) groups excluding carboxylic acids is 2. The van der Waals surface area contributed by atoms with Gasteiger partial charge in [0.1, 0.15) is 6.04 Å². The molecule has 0 aliphatic carbocycles. The number of amides is 2. The van der Waals surface area contributed by atoms with E-state index >= 15 is 0 Å². The zero-order chi connectivity index (χ0) is 17.4. The average Bonchev–Trinajstić information content (AvgIpc) is 2.51. The number of nitrogens with zero attached hydrogens (tertiary/aromatic N) is 1. The molecule has 0 fully saturated rings. The van der Waals surface area contributed by atoms with Gasteiger partial charge in [0.15, 0.2) is 11.5 Å². The molecule has 3 N–H and O–H groups in total. The number of aromatic hydroxyl groups is 2. The van der Waals surface area contributed by atoms with Gasteiger partial charge >= 0.3 is 12.0 Å². The van der Waals surface area contributed by atoms with E-state index in [1.165, 1.54) is 12.1 Å². The third-order valence-corrected chi connectivity index (χ3v) is 3.40. The normalized spacial score (nSPS) is 11.6. The molecule has 0 aliphatic heterocycles. The predicted molar refractivity (Wildman–Crippen MR) is 85.3 cm³/mol. The molecule has 0 aromatic heterocycles. The van der Waals surface area contributed by atoms with E-state index in [2.05, 4.69) is 5.32 Å². The van der Waals surface area contributed by atoms with E-state index in [1.54, 1.807) is 17.9 Å². The van der Waals surface area contributed by atoms with Gasteiger partial charge in [-0.1, -0.05) is 6.07 Å². The Balaban J connectivity index is 2.89. The number of esters is 1. The fourth-order valence-electron chi connectivity index (χ4n) is 2.12. The predicted octanol–water partition coefficient (Wildman–Crippen LogP) is 1.62. The summed E-state index contributed by atoms with van der Waals surface area (Å²) in [7, 11) is 0. The molecular formula is C16H24N2O5. The van der Waals surface area contributed by atoms with Crippen LogP contribution in [0.5, 0.6) is 11.5 Å². The molecule has 0 unspecified atom stereocenters. The van der Waals surface area contributed by atoms with E-state index in [4.69, 9.17) is 4.74 Å². The van der Waals surface area contributed by atoms with Gasteiger partial charge in [0.25, 0.3) is 0 Å². The molecule has 1 rings (SSSR count). The van der Waals surface area contributed by atoms with Gasteiger partial charge in [-0.3, -0.25) is 0 Å². The lowest BCUT2D eigenvalue weighted by atomic mass is 10.1. The zero-order valence-corrected chi connectivity index (χ0v) is 13.7. The summed E-state index contributed by atoms with van der Waals surface area (Å²) in [6.45, 7) is 6.64. The number of benzene rings is 1. The molecule has 7 heteroatoms. The van der Waals surface area contributed by atoms with Crippen LogP contribution in [-0.2, 0) is 16.0 Å². The summed E-state index contributed by atoms with van der Waals surface area (Å²) >= 11 is 0. The van der Waals surface area contributed by atoms with Gasteiger partial charge in [-0.25, -0.2) is 9.59 Å². The van der Waals surface area contributed by atoms with Crippen molar-refractivity contribution >= 4 is 12.0 Å². The highest BCUT2D eigenvalue weighted by Gasteiger charge is 2.24. The number of rotatable bonds is 7. The molecule has 0 bridgehead atoms. The summed E-state index contributed by atoms with van der Waals surface area (Å²) in [5.41, 5.74) is 0.596. The number of hydrogen-bond donors (Lipinski definition) is 3. The summed E-state index contributed by atoms with van der Waals surface area (Å²) in [6.07, 6.45) is 0.152. The second-order valence-electron chi connectivity index (χ2n) is 4.95. The number of hydrogen-bond acceptors (Lipinski definition) is 5. The van der Waals surface area contributed by atoms with Crippen molar-refractivity contribution in [3.8, 4) is 11.5 Å². The number of nitrogens with one attached hydrogen (secondary N) is 1. The summed E-state index contributed by atoms with van der Waals surface area (Å²) in [5, 5.41) is 21.5. The van der Waals surface area contributed by atoms with E-state index < -0.39 is 12.0 Å². The van der Waals surface area contributed by atoms with E-state index in [-0.39, 0.29) is 30.6 Å². The maximum Gasteiger partial charge on any atom is 0.329 e. The molecule has 0 spiro atoms. The average molecular weight is 324 g/mol. The molecule has 0 heterocycles. The van der Waals surface area contributed by atoms with Crippen LogP contribution in [-0.4, -0.2) is 52.9 Å². The highest BCUT2D eigenvalue weighted by Crippen LogP contribution is 2.25. The van der Waals surface area contributed by atoms with Crippen molar-refractivity contribution in [2.45, 2.75) is 33.2 Å². The Hall–Kier alpha value is -2.44. The molecule has 128 valence electrons. The molecule has 2 amide bonds. The van der Waals surface area contributed by atoms with Crippen molar-refractivity contribution < 1.29 is 24.5 Å². The van der Waals surface area contributed by atoms with Crippen LogP contribution < -0.4 is 5.32 Å². The number of phenols is 2. The van der Waals surface area contributed by atoms with E-state index in [0.29, 0.717) is 18.7 Å². The van der Waals surface area contributed by atoms with Crippen LogP contribution in [0.15, 0.2) is 18.2 Å². The molecule has 23 heavy (non-hydrogen) atoms. The monoisotopic (exact) mass is 324 g/mol. The van der Waals surface area contributed by atoms with Gasteiger partial charge in [0.05, 0.1) is 6.61 Å². The Bertz CT molecular complexity index is 543. The minimum atomic E-state index is -0.869. The minimum absolute atomic E-state index is 0.152. The van der Waals surface area contributed by atoms with Crippen molar-refractivity contribution in [3.05, 3.63) is 23.8 Å². The molecule has 1 aromatic rings. The quantitative estimate of drug-likeness (QED) is 0.523. The van der Waals surface area contributed by atoms with Crippen LogP contribution in [0.1, 0.15) is 26.3 Å². The number of carbonyl (C=O) groups is 2. The fourth-order valence-corrected chi connectivity index (χ4v) is 2.12. The molecule has 0 aliphatic rings. The SMILES string of the molecule is CCOC(=O)[C@H](Cc1ccc(O)c(O)c1)NC(=O)N(CC)CC. The summed E-state index contributed by atoms with van der Waals surface area (Å²) in [6, 6.07) is 3.04. The van der Waals surface area contributed by atoms with Gasteiger partial charge in [0, 0.05) is 19.5 Å².